The molecule has 7 heteroatoms. The van der Waals surface area contributed by atoms with Gasteiger partial charge in [0.15, 0.2) is 0 Å². The number of hydrogen-bond acceptors (Lipinski definition) is 3. The molecule has 0 unspecified atom stereocenters. The van der Waals surface area contributed by atoms with Gasteiger partial charge in [-0.25, -0.2) is 0 Å². The molecule has 2 amide bonds. The maximum absolute atomic E-state index is 13.2. The molecule has 0 radical (unpaired) electrons. The van der Waals surface area contributed by atoms with Gasteiger partial charge in [0.2, 0.25) is 11.8 Å². The molecular weight excluding hydrogens is 496 g/mol. The molecule has 0 bridgehead atoms. The third-order valence-corrected chi connectivity index (χ3v) is 6.33. The Bertz CT molecular complexity index is 867. The van der Waals surface area contributed by atoms with Crippen LogP contribution >= 0.6 is 39.3 Å². The summed E-state index contributed by atoms with van der Waals surface area (Å²) in [5.41, 5.74) is 1.73. The van der Waals surface area contributed by atoms with Gasteiger partial charge < -0.3 is 10.2 Å². The summed E-state index contributed by atoms with van der Waals surface area (Å²) >= 11 is 11.0. The monoisotopic (exact) mass is 524 g/mol. The number of carbonyl (C=O) groups excluding carboxylic acids is 2. The number of carbonyl (C=O) groups is 2. The van der Waals surface area contributed by atoms with Crippen molar-refractivity contribution in [3.63, 3.8) is 0 Å². The number of amides is 2. The summed E-state index contributed by atoms with van der Waals surface area (Å²) in [6.45, 7) is 8.13. The van der Waals surface area contributed by atoms with Crippen molar-refractivity contribution in [2.24, 2.45) is 0 Å². The van der Waals surface area contributed by atoms with E-state index in [1.807, 2.05) is 64.1 Å². The molecule has 0 aliphatic heterocycles. The van der Waals surface area contributed by atoms with E-state index in [9.17, 15) is 9.59 Å². The predicted molar refractivity (Wildman–Crippen MR) is 134 cm³/mol. The quantitative estimate of drug-likeness (QED) is 0.433. The summed E-state index contributed by atoms with van der Waals surface area (Å²) in [6.07, 6.45) is 0.540. The lowest BCUT2D eigenvalue weighted by Crippen LogP contribution is -2.53. The van der Waals surface area contributed by atoms with Crippen LogP contribution in [-0.2, 0) is 21.9 Å². The lowest BCUT2D eigenvalue weighted by Gasteiger charge is -2.33. The second-order valence-corrected chi connectivity index (χ2v) is 10.8. The maximum Gasteiger partial charge on any atom is 0.243 e. The number of rotatable bonds is 9. The SMILES string of the molecule is CC[C@H](C(=O)NC(C)(C)C)N(Cc1ccc(Cl)cc1)C(=O)CSCc1ccc(Br)cc1. The van der Waals surface area contributed by atoms with Gasteiger partial charge in [-0.3, -0.25) is 9.59 Å². The van der Waals surface area contributed by atoms with E-state index in [4.69, 9.17) is 11.6 Å². The highest BCUT2D eigenvalue weighted by Crippen LogP contribution is 2.20. The van der Waals surface area contributed by atoms with Crippen LogP contribution in [0.3, 0.4) is 0 Å². The first-order chi connectivity index (χ1) is 14.6. The van der Waals surface area contributed by atoms with Gasteiger partial charge in [-0.05, 0) is 62.6 Å². The van der Waals surface area contributed by atoms with Crippen molar-refractivity contribution >= 4 is 51.1 Å². The zero-order chi connectivity index (χ0) is 23.0. The zero-order valence-corrected chi connectivity index (χ0v) is 21.6. The van der Waals surface area contributed by atoms with Crippen molar-refractivity contribution in [1.82, 2.24) is 10.2 Å². The number of nitrogens with zero attached hydrogens (tertiary/aromatic N) is 1. The molecular formula is C24H30BrClN2O2S. The van der Waals surface area contributed by atoms with Crippen LogP contribution in [0.2, 0.25) is 5.02 Å². The van der Waals surface area contributed by atoms with Gasteiger partial charge in [-0.15, -0.1) is 11.8 Å². The first-order valence-electron chi connectivity index (χ1n) is 10.3. The number of thioether (sulfide) groups is 1. The van der Waals surface area contributed by atoms with Crippen molar-refractivity contribution in [1.29, 1.82) is 0 Å². The Hall–Kier alpha value is -1.50. The largest absolute Gasteiger partial charge is 0.350 e. The van der Waals surface area contributed by atoms with Crippen molar-refractivity contribution < 1.29 is 9.59 Å². The van der Waals surface area contributed by atoms with E-state index in [0.29, 0.717) is 23.7 Å². The lowest BCUT2D eigenvalue weighted by molar-refractivity contribution is -0.140. The van der Waals surface area contributed by atoms with Crippen molar-refractivity contribution in [2.75, 3.05) is 5.75 Å². The van der Waals surface area contributed by atoms with E-state index in [-0.39, 0.29) is 17.4 Å². The molecule has 0 heterocycles. The topological polar surface area (TPSA) is 49.4 Å². The Labute approximate surface area is 203 Å². The molecule has 31 heavy (non-hydrogen) atoms. The zero-order valence-electron chi connectivity index (χ0n) is 18.5. The number of hydrogen-bond donors (Lipinski definition) is 1. The maximum atomic E-state index is 13.2. The van der Waals surface area contributed by atoms with Gasteiger partial charge in [0.05, 0.1) is 5.75 Å². The van der Waals surface area contributed by atoms with Crippen molar-refractivity contribution in [2.45, 2.75) is 58.0 Å². The fourth-order valence-corrected chi connectivity index (χ4v) is 4.34. The van der Waals surface area contributed by atoms with Crippen LogP contribution in [0.15, 0.2) is 53.0 Å². The molecule has 2 aromatic rings. The van der Waals surface area contributed by atoms with Gasteiger partial charge >= 0.3 is 0 Å². The molecule has 168 valence electrons. The van der Waals surface area contributed by atoms with Gasteiger partial charge in [-0.2, -0.15) is 0 Å². The van der Waals surface area contributed by atoms with E-state index < -0.39 is 6.04 Å². The van der Waals surface area contributed by atoms with Crippen molar-refractivity contribution in [3.8, 4) is 0 Å². The molecule has 0 aromatic heterocycles. The fraction of sp³-hybridized carbons (Fsp3) is 0.417. The molecule has 2 rings (SSSR count). The van der Waals surface area contributed by atoms with Crippen LogP contribution in [0.5, 0.6) is 0 Å². The van der Waals surface area contributed by atoms with Crippen LogP contribution in [0.1, 0.15) is 45.2 Å². The predicted octanol–water partition coefficient (Wildman–Crippen LogP) is 6.06. The van der Waals surface area contributed by atoms with E-state index in [0.717, 1.165) is 21.4 Å². The molecule has 0 saturated carbocycles. The second-order valence-electron chi connectivity index (χ2n) is 8.43. The highest BCUT2D eigenvalue weighted by atomic mass is 79.9. The minimum Gasteiger partial charge on any atom is -0.350 e. The summed E-state index contributed by atoms with van der Waals surface area (Å²) in [5.74, 6) is 0.866. The van der Waals surface area contributed by atoms with E-state index in [1.165, 1.54) is 0 Å². The summed E-state index contributed by atoms with van der Waals surface area (Å²) in [7, 11) is 0. The Morgan fingerprint density at radius 2 is 1.65 bits per heavy atom. The summed E-state index contributed by atoms with van der Waals surface area (Å²) in [6, 6.07) is 14.9. The average Bonchev–Trinajstić information content (AvgIpc) is 2.69. The highest BCUT2D eigenvalue weighted by molar-refractivity contribution is 9.10. The smallest absolute Gasteiger partial charge is 0.243 e. The molecule has 0 saturated heterocycles. The van der Waals surface area contributed by atoms with Crippen LogP contribution in [-0.4, -0.2) is 34.0 Å². The van der Waals surface area contributed by atoms with E-state index in [1.54, 1.807) is 28.8 Å². The molecule has 0 aliphatic carbocycles. The molecule has 4 nitrogen and oxygen atoms in total. The normalized spacial score (nSPS) is 12.3. The molecule has 0 fully saturated rings. The minimum absolute atomic E-state index is 0.0482. The Kier molecular flexibility index (Phi) is 9.91. The average molecular weight is 526 g/mol. The molecule has 1 N–H and O–H groups in total. The van der Waals surface area contributed by atoms with Crippen LogP contribution in [0.25, 0.3) is 0 Å². The third-order valence-electron chi connectivity index (χ3n) is 4.56. The minimum atomic E-state index is -0.532. The molecule has 0 spiro atoms. The summed E-state index contributed by atoms with van der Waals surface area (Å²) < 4.78 is 1.03. The van der Waals surface area contributed by atoms with Gasteiger partial charge in [0.1, 0.15) is 6.04 Å². The molecule has 2 aromatic carbocycles. The number of halogens is 2. The molecule has 0 aliphatic rings. The molecule has 1 atom stereocenters. The van der Waals surface area contributed by atoms with Gasteiger partial charge in [0, 0.05) is 27.3 Å². The van der Waals surface area contributed by atoms with Crippen molar-refractivity contribution in [3.05, 3.63) is 69.2 Å². The lowest BCUT2D eigenvalue weighted by atomic mass is 10.1. The Balaban J connectivity index is 2.14. The van der Waals surface area contributed by atoms with Crippen LogP contribution in [0, 0.1) is 0 Å². The van der Waals surface area contributed by atoms with E-state index >= 15 is 0 Å². The Morgan fingerprint density at radius 3 is 2.19 bits per heavy atom. The number of nitrogens with one attached hydrogen (secondary N) is 1. The van der Waals surface area contributed by atoms with Crippen LogP contribution in [0.4, 0.5) is 0 Å². The summed E-state index contributed by atoms with van der Waals surface area (Å²) in [5, 5.41) is 3.67. The van der Waals surface area contributed by atoms with Gasteiger partial charge in [0.25, 0.3) is 0 Å². The fourth-order valence-electron chi connectivity index (χ4n) is 3.08. The second kappa shape index (κ2) is 11.9. The third kappa shape index (κ3) is 8.87. The summed E-state index contributed by atoms with van der Waals surface area (Å²) in [4.78, 5) is 27.9. The van der Waals surface area contributed by atoms with E-state index in [2.05, 4.69) is 21.2 Å². The number of benzene rings is 2. The van der Waals surface area contributed by atoms with Crippen LogP contribution < -0.4 is 5.32 Å². The Morgan fingerprint density at radius 1 is 1.06 bits per heavy atom. The first-order valence-corrected chi connectivity index (χ1v) is 12.6. The van der Waals surface area contributed by atoms with Gasteiger partial charge in [-0.1, -0.05) is 58.7 Å². The highest BCUT2D eigenvalue weighted by Gasteiger charge is 2.30. The first kappa shape index (κ1) is 25.8. The standard InChI is InChI=1S/C24H30BrClN2O2S/c1-5-21(23(30)27-24(2,3)4)28(14-17-8-12-20(26)13-9-17)22(29)16-31-15-18-6-10-19(25)11-7-18/h6-13,21H,5,14-16H2,1-4H3,(H,27,30)/t21-/m1/s1.